The maximum atomic E-state index is 12.6. The van der Waals surface area contributed by atoms with Gasteiger partial charge in [-0.25, -0.2) is 0 Å². The van der Waals surface area contributed by atoms with E-state index in [1.165, 1.54) is 17.0 Å². The molecule has 0 radical (unpaired) electrons. The van der Waals surface area contributed by atoms with Gasteiger partial charge in [0.2, 0.25) is 12.7 Å². The Morgan fingerprint density at radius 3 is 2.71 bits per heavy atom. The van der Waals surface area contributed by atoms with Gasteiger partial charge in [-0.3, -0.25) is 4.79 Å². The number of ether oxygens (including phenoxy) is 3. The highest BCUT2D eigenvalue weighted by molar-refractivity contribution is 7.98. The molecule has 1 aromatic carbocycles. The van der Waals surface area contributed by atoms with Gasteiger partial charge in [0.15, 0.2) is 11.5 Å². The molecule has 1 heterocycles. The average Bonchev–Trinajstić information content (AvgIpc) is 2.98. The summed E-state index contributed by atoms with van der Waals surface area (Å²) in [5, 5.41) is 0. The number of nitrogens with two attached hydrogens (primary N) is 1. The molecule has 1 aromatic rings. The van der Waals surface area contributed by atoms with Gasteiger partial charge in [-0.1, -0.05) is 0 Å². The number of carbonyl (C=O) groups is 1. The van der Waals surface area contributed by atoms with Crippen LogP contribution < -0.4 is 19.9 Å². The van der Waals surface area contributed by atoms with Crippen LogP contribution >= 0.6 is 11.8 Å². The number of carbonyl (C=O) groups excluding carboxylic acids is 1. The summed E-state index contributed by atoms with van der Waals surface area (Å²) >= 11 is 1.60. The summed E-state index contributed by atoms with van der Waals surface area (Å²) < 4.78 is 40.2. The van der Waals surface area contributed by atoms with Crippen LogP contribution in [0.25, 0.3) is 0 Å². The highest BCUT2D eigenvalue weighted by atomic mass is 32.2. The summed E-state index contributed by atoms with van der Waals surface area (Å²) in [7, 11) is 1.57. The van der Waals surface area contributed by atoms with E-state index in [1.54, 1.807) is 18.8 Å². The summed E-state index contributed by atoms with van der Waals surface area (Å²) in [6.45, 7) is -2.89. The SMILES string of the molecule is CSCC[C@H](N)C(=O)N(C)Cc1cc2c(cc1OC(F)F)OCO2. The molecule has 2 N–H and O–H groups in total. The molecule has 134 valence electrons. The van der Waals surface area contributed by atoms with Crippen molar-refractivity contribution in [3.8, 4) is 17.2 Å². The van der Waals surface area contributed by atoms with Crippen molar-refractivity contribution in [2.75, 3.05) is 25.8 Å². The molecule has 2 rings (SSSR count). The molecular formula is C15H20F2N2O4S. The minimum absolute atomic E-state index is 0.0151. The van der Waals surface area contributed by atoms with Crippen molar-refractivity contribution in [2.24, 2.45) is 5.73 Å². The van der Waals surface area contributed by atoms with Gasteiger partial charge >= 0.3 is 6.61 Å². The van der Waals surface area contributed by atoms with Crippen LogP contribution in [0, 0.1) is 0 Å². The number of hydrogen-bond donors (Lipinski definition) is 1. The molecule has 0 fully saturated rings. The van der Waals surface area contributed by atoms with Gasteiger partial charge in [-0.15, -0.1) is 0 Å². The van der Waals surface area contributed by atoms with E-state index in [4.69, 9.17) is 15.2 Å². The summed E-state index contributed by atoms with van der Waals surface area (Å²) in [4.78, 5) is 13.7. The molecule has 24 heavy (non-hydrogen) atoms. The van der Waals surface area contributed by atoms with E-state index in [-0.39, 0.29) is 25.0 Å². The first-order valence-corrected chi connectivity index (χ1v) is 8.68. The second kappa shape index (κ2) is 8.39. The zero-order valence-corrected chi connectivity index (χ0v) is 14.3. The largest absolute Gasteiger partial charge is 0.454 e. The van der Waals surface area contributed by atoms with Crippen molar-refractivity contribution in [3.63, 3.8) is 0 Å². The van der Waals surface area contributed by atoms with E-state index >= 15 is 0 Å². The topological polar surface area (TPSA) is 74.0 Å². The molecule has 1 aliphatic rings. The average molecular weight is 362 g/mol. The molecule has 1 amide bonds. The van der Waals surface area contributed by atoms with Crippen molar-refractivity contribution < 1.29 is 27.8 Å². The van der Waals surface area contributed by atoms with Gasteiger partial charge in [0.25, 0.3) is 0 Å². The third-order valence-electron chi connectivity index (χ3n) is 3.51. The van der Waals surface area contributed by atoms with Gasteiger partial charge in [-0.05, 0) is 24.5 Å². The van der Waals surface area contributed by atoms with Crippen molar-refractivity contribution >= 4 is 17.7 Å². The number of nitrogens with zero attached hydrogens (tertiary/aromatic N) is 1. The summed E-state index contributed by atoms with van der Waals surface area (Å²) in [6, 6.07) is 2.25. The second-order valence-corrected chi connectivity index (χ2v) is 6.26. The molecule has 0 spiro atoms. The molecule has 0 bridgehead atoms. The maximum absolute atomic E-state index is 12.6. The molecule has 1 atom stereocenters. The molecule has 6 nitrogen and oxygen atoms in total. The Morgan fingerprint density at radius 2 is 2.08 bits per heavy atom. The third-order valence-corrected chi connectivity index (χ3v) is 4.15. The monoisotopic (exact) mass is 362 g/mol. The quantitative estimate of drug-likeness (QED) is 0.763. The Labute approximate surface area is 143 Å². The van der Waals surface area contributed by atoms with Gasteiger partial charge in [0.1, 0.15) is 5.75 Å². The minimum atomic E-state index is -2.98. The molecule has 1 aliphatic heterocycles. The van der Waals surface area contributed by atoms with Crippen LogP contribution in [0.3, 0.4) is 0 Å². The molecular weight excluding hydrogens is 342 g/mol. The Kier molecular flexibility index (Phi) is 6.50. The first-order chi connectivity index (χ1) is 11.4. The highest BCUT2D eigenvalue weighted by Crippen LogP contribution is 2.39. The lowest BCUT2D eigenvalue weighted by Crippen LogP contribution is -2.41. The first-order valence-electron chi connectivity index (χ1n) is 7.29. The lowest BCUT2D eigenvalue weighted by atomic mass is 10.1. The molecule has 0 unspecified atom stereocenters. The number of hydrogen-bond acceptors (Lipinski definition) is 6. The first kappa shape index (κ1) is 18.6. The lowest BCUT2D eigenvalue weighted by molar-refractivity contribution is -0.131. The summed E-state index contributed by atoms with van der Waals surface area (Å²) in [5.41, 5.74) is 6.26. The smallest absolute Gasteiger partial charge is 0.387 e. The molecule has 0 saturated heterocycles. The van der Waals surface area contributed by atoms with E-state index in [2.05, 4.69) is 4.74 Å². The van der Waals surface area contributed by atoms with Crippen molar-refractivity contribution in [2.45, 2.75) is 25.6 Å². The fraction of sp³-hybridized carbons (Fsp3) is 0.533. The van der Waals surface area contributed by atoms with Crippen molar-refractivity contribution in [1.82, 2.24) is 4.90 Å². The molecule has 0 aromatic heterocycles. The minimum Gasteiger partial charge on any atom is -0.454 e. The Bertz CT molecular complexity index is 589. The van der Waals surface area contributed by atoms with E-state index in [1.807, 2.05) is 6.26 Å². The molecule has 0 aliphatic carbocycles. The number of fused-ring (bicyclic) bond motifs is 1. The van der Waals surface area contributed by atoms with Crippen molar-refractivity contribution in [3.05, 3.63) is 17.7 Å². The standard InChI is InChI=1S/C15H20F2N2O4S/c1-19(14(20)10(18)3-4-24-2)7-9-5-12-13(22-8-21-12)6-11(9)23-15(16)17/h5-6,10,15H,3-4,7-8,18H2,1-2H3/t10-/m0/s1. The number of thioether (sulfide) groups is 1. The number of rotatable bonds is 8. The van der Waals surface area contributed by atoms with E-state index < -0.39 is 12.7 Å². The zero-order chi connectivity index (χ0) is 17.7. The second-order valence-electron chi connectivity index (χ2n) is 5.27. The van der Waals surface area contributed by atoms with Crippen LogP contribution in [-0.4, -0.2) is 49.3 Å². The van der Waals surface area contributed by atoms with Crippen LogP contribution in [0.15, 0.2) is 12.1 Å². The van der Waals surface area contributed by atoms with Crippen LogP contribution in [-0.2, 0) is 11.3 Å². The van der Waals surface area contributed by atoms with E-state index in [0.29, 0.717) is 23.5 Å². The van der Waals surface area contributed by atoms with Gasteiger partial charge in [0, 0.05) is 25.2 Å². The van der Waals surface area contributed by atoms with Gasteiger partial charge < -0.3 is 24.8 Å². The fourth-order valence-electron chi connectivity index (χ4n) is 2.28. The van der Waals surface area contributed by atoms with Crippen LogP contribution in [0.2, 0.25) is 0 Å². The number of likely N-dealkylation sites (N-methyl/N-ethyl adjacent to an activating group) is 1. The maximum Gasteiger partial charge on any atom is 0.387 e. The predicted octanol–water partition coefficient (Wildman–Crippen LogP) is 2.06. The Morgan fingerprint density at radius 1 is 1.42 bits per heavy atom. The normalized spacial score (nSPS) is 13.9. The Balaban J connectivity index is 2.13. The number of benzene rings is 1. The van der Waals surface area contributed by atoms with Gasteiger partial charge in [-0.2, -0.15) is 20.5 Å². The van der Waals surface area contributed by atoms with E-state index in [9.17, 15) is 13.6 Å². The lowest BCUT2D eigenvalue weighted by Gasteiger charge is -2.22. The summed E-state index contributed by atoms with van der Waals surface area (Å²) in [5.74, 6) is 1.22. The number of amides is 1. The molecule has 0 saturated carbocycles. The summed E-state index contributed by atoms with van der Waals surface area (Å²) in [6.07, 6.45) is 2.48. The third kappa shape index (κ3) is 4.64. The highest BCUT2D eigenvalue weighted by Gasteiger charge is 2.23. The van der Waals surface area contributed by atoms with Gasteiger partial charge in [0.05, 0.1) is 6.04 Å². The van der Waals surface area contributed by atoms with Crippen LogP contribution in [0.4, 0.5) is 8.78 Å². The van der Waals surface area contributed by atoms with Crippen LogP contribution in [0.5, 0.6) is 17.2 Å². The fourth-order valence-corrected chi connectivity index (χ4v) is 2.77. The van der Waals surface area contributed by atoms with Crippen LogP contribution in [0.1, 0.15) is 12.0 Å². The zero-order valence-electron chi connectivity index (χ0n) is 13.5. The molecule has 9 heteroatoms. The van der Waals surface area contributed by atoms with Crippen molar-refractivity contribution in [1.29, 1.82) is 0 Å². The number of alkyl halides is 2. The predicted molar refractivity (Wildman–Crippen MR) is 86.6 cm³/mol. The number of halogens is 2. The van der Waals surface area contributed by atoms with E-state index in [0.717, 1.165) is 5.75 Å². The Hall–Kier alpha value is -1.74.